The van der Waals surface area contributed by atoms with E-state index in [9.17, 15) is 0 Å². The van der Waals surface area contributed by atoms with Gasteiger partial charge in [-0.25, -0.2) is 0 Å². The number of hydrogen-bond acceptors (Lipinski definition) is 3. The first-order valence-electron chi connectivity index (χ1n) is 6.12. The third-order valence-corrected chi connectivity index (χ3v) is 3.53. The standard InChI is InChI=1S/C13H21N3/c1-16(13-6-8-15-9-7-13)10-11-2-4-12(14)5-3-11/h6-9,11-12H,2-5,10,14H2,1H3. The molecular weight excluding hydrogens is 198 g/mol. The minimum Gasteiger partial charge on any atom is -0.374 e. The van der Waals surface area contributed by atoms with Gasteiger partial charge in [0.2, 0.25) is 0 Å². The Bertz CT molecular complexity index is 304. The molecule has 0 unspecified atom stereocenters. The van der Waals surface area contributed by atoms with Crippen LogP contribution in [0, 0.1) is 5.92 Å². The predicted octanol–water partition coefficient (Wildman–Crippen LogP) is 2.04. The van der Waals surface area contributed by atoms with Crippen LogP contribution in [-0.2, 0) is 0 Å². The molecule has 1 heterocycles. The Balaban J connectivity index is 1.86. The highest BCUT2D eigenvalue weighted by Gasteiger charge is 2.19. The van der Waals surface area contributed by atoms with Crippen molar-refractivity contribution in [1.82, 2.24) is 4.98 Å². The first kappa shape index (κ1) is 11.4. The van der Waals surface area contributed by atoms with E-state index in [1.54, 1.807) is 0 Å². The Morgan fingerprint density at radius 2 is 1.88 bits per heavy atom. The Kier molecular flexibility index (Phi) is 3.78. The van der Waals surface area contributed by atoms with Crippen LogP contribution in [0.2, 0.25) is 0 Å². The van der Waals surface area contributed by atoms with Crippen molar-refractivity contribution in [3.05, 3.63) is 24.5 Å². The molecule has 0 aromatic carbocycles. The van der Waals surface area contributed by atoms with Crippen LogP contribution in [0.4, 0.5) is 5.69 Å². The number of rotatable bonds is 3. The first-order valence-corrected chi connectivity index (χ1v) is 6.12. The summed E-state index contributed by atoms with van der Waals surface area (Å²) in [4.78, 5) is 6.36. The van der Waals surface area contributed by atoms with E-state index in [0.717, 1.165) is 12.5 Å². The van der Waals surface area contributed by atoms with Crippen molar-refractivity contribution >= 4 is 5.69 Å². The van der Waals surface area contributed by atoms with E-state index in [1.807, 2.05) is 12.4 Å². The second-order valence-corrected chi connectivity index (χ2v) is 4.87. The maximum Gasteiger partial charge on any atom is 0.0394 e. The zero-order valence-electron chi connectivity index (χ0n) is 9.97. The normalized spacial score (nSPS) is 25.4. The van der Waals surface area contributed by atoms with Gasteiger partial charge in [0.05, 0.1) is 0 Å². The van der Waals surface area contributed by atoms with Gasteiger partial charge in [-0.1, -0.05) is 0 Å². The van der Waals surface area contributed by atoms with Crippen LogP contribution in [0.5, 0.6) is 0 Å². The lowest BCUT2D eigenvalue weighted by molar-refractivity contribution is 0.330. The summed E-state index contributed by atoms with van der Waals surface area (Å²) in [7, 11) is 2.16. The molecule has 3 nitrogen and oxygen atoms in total. The number of anilines is 1. The summed E-state index contributed by atoms with van der Waals surface area (Å²) in [5, 5.41) is 0. The Morgan fingerprint density at radius 1 is 1.25 bits per heavy atom. The Morgan fingerprint density at radius 3 is 2.50 bits per heavy atom. The summed E-state index contributed by atoms with van der Waals surface area (Å²) in [6.07, 6.45) is 8.63. The average molecular weight is 219 g/mol. The van der Waals surface area contributed by atoms with Crippen molar-refractivity contribution in [2.24, 2.45) is 11.7 Å². The van der Waals surface area contributed by atoms with E-state index in [4.69, 9.17) is 5.73 Å². The highest BCUT2D eigenvalue weighted by atomic mass is 15.1. The summed E-state index contributed by atoms with van der Waals surface area (Å²) < 4.78 is 0. The van der Waals surface area contributed by atoms with Crippen molar-refractivity contribution in [2.45, 2.75) is 31.7 Å². The molecule has 1 aromatic rings. The smallest absolute Gasteiger partial charge is 0.0394 e. The molecule has 0 amide bonds. The van der Waals surface area contributed by atoms with Gasteiger partial charge < -0.3 is 10.6 Å². The summed E-state index contributed by atoms with van der Waals surface area (Å²) >= 11 is 0. The number of aromatic nitrogens is 1. The highest BCUT2D eigenvalue weighted by Crippen LogP contribution is 2.25. The zero-order chi connectivity index (χ0) is 11.4. The van der Waals surface area contributed by atoms with Gasteiger partial charge in [-0.15, -0.1) is 0 Å². The van der Waals surface area contributed by atoms with Crippen molar-refractivity contribution in [3.63, 3.8) is 0 Å². The molecule has 0 spiro atoms. The van der Waals surface area contributed by atoms with E-state index in [0.29, 0.717) is 6.04 Å². The molecule has 0 radical (unpaired) electrons. The van der Waals surface area contributed by atoms with Crippen LogP contribution in [-0.4, -0.2) is 24.6 Å². The van der Waals surface area contributed by atoms with Crippen molar-refractivity contribution in [2.75, 3.05) is 18.5 Å². The molecule has 0 bridgehead atoms. The molecule has 0 atom stereocenters. The molecule has 0 aliphatic heterocycles. The van der Waals surface area contributed by atoms with E-state index < -0.39 is 0 Å². The maximum absolute atomic E-state index is 5.92. The fourth-order valence-corrected chi connectivity index (χ4v) is 2.46. The summed E-state index contributed by atoms with van der Waals surface area (Å²) in [6, 6.07) is 4.57. The quantitative estimate of drug-likeness (QED) is 0.846. The summed E-state index contributed by atoms with van der Waals surface area (Å²) in [5.41, 5.74) is 7.17. The average Bonchev–Trinajstić information content (AvgIpc) is 2.33. The van der Waals surface area contributed by atoms with Crippen molar-refractivity contribution in [3.8, 4) is 0 Å². The fourth-order valence-electron chi connectivity index (χ4n) is 2.46. The topological polar surface area (TPSA) is 42.1 Å². The monoisotopic (exact) mass is 219 g/mol. The second-order valence-electron chi connectivity index (χ2n) is 4.87. The molecule has 0 saturated heterocycles. The second kappa shape index (κ2) is 5.30. The lowest BCUT2D eigenvalue weighted by atomic mass is 9.86. The van der Waals surface area contributed by atoms with Gasteiger partial charge in [0.15, 0.2) is 0 Å². The molecule has 88 valence electrons. The molecule has 3 heteroatoms. The van der Waals surface area contributed by atoms with Crippen LogP contribution >= 0.6 is 0 Å². The number of nitrogens with two attached hydrogens (primary N) is 1. The van der Waals surface area contributed by atoms with E-state index >= 15 is 0 Å². The molecular formula is C13H21N3. The lowest BCUT2D eigenvalue weighted by Crippen LogP contribution is -2.32. The van der Waals surface area contributed by atoms with Crippen molar-refractivity contribution in [1.29, 1.82) is 0 Å². The molecule has 1 aliphatic carbocycles. The maximum atomic E-state index is 5.92. The number of nitrogens with zero attached hydrogens (tertiary/aromatic N) is 2. The molecule has 1 aliphatic rings. The molecule has 2 N–H and O–H groups in total. The number of hydrogen-bond donors (Lipinski definition) is 1. The third-order valence-electron chi connectivity index (χ3n) is 3.53. The van der Waals surface area contributed by atoms with E-state index in [2.05, 4.69) is 29.1 Å². The van der Waals surface area contributed by atoms with Gasteiger partial charge >= 0.3 is 0 Å². The van der Waals surface area contributed by atoms with Gasteiger partial charge in [0.25, 0.3) is 0 Å². The van der Waals surface area contributed by atoms with Gasteiger partial charge in [-0.05, 0) is 43.7 Å². The Labute approximate surface area is 97.7 Å². The van der Waals surface area contributed by atoms with Crippen molar-refractivity contribution < 1.29 is 0 Å². The van der Waals surface area contributed by atoms with Crippen LogP contribution < -0.4 is 10.6 Å². The highest BCUT2D eigenvalue weighted by molar-refractivity contribution is 5.43. The van der Waals surface area contributed by atoms with Crippen LogP contribution in [0.25, 0.3) is 0 Å². The van der Waals surface area contributed by atoms with Crippen LogP contribution in [0.1, 0.15) is 25.7 Å². The third kappa shape index (κ3) is 2.95. The summed E-state index contributed by atoms with van der Waals surface area (Å²) in [6.45, 7) is 1.14. The van der Waals surface area contributed by atoms with E-state index in [1.165, 1.54) is 31.4 Å². The van der Waals surface area contributed by atoms with E-state index in [-0.39, 0.29) is 0 Å². The predicted molar refractivity (Wildman–Crippen MR) is 67.4 cm³/mol. The SMILES string of the molecule is CN(CC1CCC(N)CC1)c1ccncc1. The fraction of sp³-hybridized carbons (Fsp3) is 0.615. The lowest BCUT2D eigenvalue weighted by Gasteiger charge is -2.30. The zero-order valence-corrected chi connectivity index (χ0v) is 9.97. The molecule has 1 fully saturated rings. The summed E-state index contributed by atoms with van der Waals surface area (Å²) in [5.74, 6) is 0.804. The van der Waals surface area contributed by atoms with Gasteiger partial charge in [0, 0.05) is 37.7 Å². The first-order chi connectivity index (χ1) is 7.75. The van der Waals surface area contributed by atoms with Crippen LogP contribution in [0.3, 0.4) is 0 Å². The van der Waals surface area contributed by atoms with Crippen LogP contribution in [0.15, 0.2) is 24.5 Å². The minimum atomic E-state index is 0.447. The van der Waals surface area contributed by atoms with Gasteiger partial charge in [-0.3, -0.25) is 4.98 Å². The van der Waals surface area contributed by atoms with Gasteiger partial charge in [0.1, 0.15) is 0 Å². The largest absolute Gasteiger partial charge is 0.374 e. The van der Waals surface area contributed by atoms with Gasteiger partial charge in [-0.2, -0.15) is 0 Å². The molecule has 1 aromatic heterocycles. The minimum absolute atomic E-state index is 0.447. The number of pyridine rings is 1. The molecule has 16 heavy (non-hydrogen) atoms. The molecule has 2 rings (SSSR count). The Hall–Kier alpha value is -1.09. The molecule has 1 saturated carbocycles.